The van der Waals surface area contributed by atoms with E-state index in [1.54, 1.807) is 7.11 Å². The van der Waals surface area contributed by atoms with E-state index in [9.17, 15) is 0 Å². The zero-order chi connectivity index (χ0) is 8.97. The molecule has 0 radical (unpaired) electrons. The quantitative estimate of drug-likeness (QED) is 0.796. The zero-order valence-electron chi connectivity index (χ0n) is 7.30. The number of aromatic nitrogens is 1. The number of rotatable bonds is 3. The third-order valence-electron chi connectivity index (χ3n) is 1.59. The minimum Gasteiger partial charge on any atom is -0.481 e. The van der Waals surface area contributed by atoms with E-state index in [-0.39, 0.29) is 0 Å². The van der Waals surface area contributed by atoms with Crippen LogP contribution in [-0.4, -0.2) is 12.1 Å². The summed E-state index contributed by atoms with van der Waals surface area (Å²) in [6, 6.07) is 3.82. The van der Waals surface area contributed by atoms with Crippen LogP contribution in [0.25, 0.3) is 0 Å². The number of nitrogens with zero attached hydrogens (tertiary/aromatic N) is 1. The van der Waals surface area contributed by atoms with Crippen LogP contribution >= 0.6 is 15.9 Å². The topological polar surface area (TPSA) is 22.1 Å². The molecule has 0 aliphatic carbocycles. The minimum atomic E-state index is 0.682. The van der Waals surface area contributed by atoms with Gasteiger partial charge in [-0.1, -0.05) is 13.3 Å². The minimum absolute atomic E-state index is 0.682. The summed E-state index contributed by atoms with van der Waals surface area (Å²) in [7, 11) is 1.63. The second kappa shape index (κ2) is 4.45. The van der Waals surface area contributed by atoms with Crippen LogP contribution in [0.2, 0.25) is 0 Å². The average molecular weight is 230 g/mol. The second-order valence-corrected chi connectivity index (χ2v) is 3.39. The lowest BCUT2D eigenvalue weighted by atomic mass is 10.2. The highest BCUT2D eigenvalue weighted by Crippen LogP contribution is 2.19. The van der Waals surface area contributed by atoms with Gasteiger partial charge in [0.15, 0.2) is 0 Å². The Balaban J connectivity index is 2.91. The van der Waals surface area contributed by atoms with Crippen LogP contribution in [0.1, 0.15) is 19.0 Å². The van der Waals surface area contributed by atoms with E-state index >= 15 is 0 Å². The molecule has 0 amide bonds. The smallest absolute Gasteiger partial charge is 0.213 e. The van der Waals surface area contributed by atoms with E-state index in [1.165, 1.54) is 0 Å². The first kappa shape index (κ1) is 9.52. The maximum Gasteiger partial charge on any atom is 0.213 e. The second-order valence-electron chi connectivity index (χ2n) is 2.53. The summed E-state index contributed by atoms with van der Waals surface area (Å²) in [4.78, 5) is 4.31. The van der Waals surface area contributed by atoms with E-state index in [0.29, 0.717) is 5.88 Å². The lowest BCUT2D eigenvalue weighted by Gasteiger charge is -2.03. The Bertz CT molecular complexity index is 263. The highest BCUT2D eigenvalue weighted by atomic mass is 79.9. The van der Waals surface area contributed by atoms with Crippen LogP contribution in [0.5, 0.6) is 5.88 Å². The summed E-state index contributed by atoms with van der Waals surface area (Å²) < 4.78 is 6.08. The first-order valence-corrected chi connectivity index (χ1v) is 4.76. The summed E-state index contributed by atoms with van der Waals surface area (Å²) in [6.45, 7) is 2.13. The Hall–Kier alpha value is -0.570. The van der Waals surface area contributed by atoms with Crippen LogP contribution < -0.4 is 4.74 Å². The predicted octanol–water partition coefficient (Wildman–Crippen LogP) is 2.81. The molecule has 0 bridgehead atoms. The van der Waals surface area contributed by atoms with Crippen molar-refractivity contribution in [1.29, 1.82) is 0 Å². The molecule has 0 saturated heterocycles. The van der Waals surface area contributed by atoms with Crippen molar-refractivity contribution in [3.05, 3.63) is 22.3 Å². The van der Waals surface area contributed by atoms with Crippen molar-refractivity contribution in [1.82, 2.24) is 4.98 Å². The third kappa shape index (κ3) is 2.21. The number of aryl methyl sites for hydroxylation is 1. The molecule has 0 atom stereocenters. The molecule has 1 heterocycles. The van der Waals surface area contributed by atoms with Gasteiger partial charge in [-0.2, -0.15) is 0 Å². The van der Waals surface area contributed by atoms with Crippen molar-refractivity contribution in [3.63, 3.8) is 0 Å². The first-order chi connectivity index (χ1) is 5.77. The van der Waals surface area contributed by atoms with Crippen molar-refractivity contribution >= 4 is 15.9 Å². The first-order valence-electron chi connectivity index (χ1n) is 3.97. The van der Waals surface area contributed by atoms with Crippen molar-refractivity contribution in [2.45, 2.75) is 19.8 Å². The molecule has 3 heteroatoms. The molecule has 0 fully saturated rings. The normalized spacial score (nSPS) is 9.92. The van der Waals surface area contributed by atoms with E-state index in [1.807, 2.05) is 12.1 Å². The van der Waals surface area contributed by atoms with E-state index in [4.69, 9.17) is 4.74 Å². The standard InChI is InChI=1S/C9H12BrNO/c1-3-4-8-7(10)5-6-9(11-8)12-2/h5-6H,3-4H2,1-2H3. The molecule has 1 rings (SSSR count). The van der Waals surface area contributed by atoms with Crippen LogP contribution in [0.15, 0.2) is 16.6 Å². The molecule has 0 N–H and O–H groups in total. The lowest BCUT2D eigenvalue weighted by molar-refractivity contribution is 0.396. The molecule has 1 aromatic heterocycles. The summed E-state index contributed by atoms with van der Waals surface area (Å²) in [5.41, 5.74) is 1.07. The lowest BCUT2D eigenvalue weighted by Crippen LogP contribution is -1.94. The van der Waals surface area contributed by atoms with Crippen LogP contribution in [0, 0.1) is 0 Å². The number of halogens is 1. The molecule has 0 aromatic carbocycles. The Labute approximate surface area is 81.1 Å². The fourth-order valence-corrected chi connectivity index (χ4v) is 1.41. The Morgan fingerprint density at radius 3 is 2.83 bits per heavy atom. The number of ether oxygens (including phenoxy) is 1. The van der Waals surface area contributed by atoms with Gasteiger partial charge in [0.2, 0.25) is 5.88 Å². The molecule has 1 aromatic rings. The number of methoxy groups -OCH3 is 1. The molecule has 0 aliphatic heterocycles. The molecule has 0 aliphatic rings. The van der Waals surface area contributed by atoms with Gasteiger partial charge in [0.25, 0.3) is 0 Å². The van der Waals surface area contributed by atoms with Crippen molar-refractivity contribution < 1.29 is 4.74 Å². The maximum atomic E-state index is 5.02. The van der Waals surface area contributed by atoms with Crippen molar-refractivity contribution in [3.8, 4) is 5.88 Å². The van der Waals surface area contributed by atoms with Gasteiger partial charge in [-0.05, 0) is 28.4 Å². The van der Waals surface area contributed by atoms with Crippen molar-refractivity contribution in [2.75, 3.05) is 7.11 Å². The Morgan fingerprint density at radius 1 is 1.50 bits per heavy atom. The van der Waals surface area contributed by atoms with Gasteiger partial charge in [0.05, 0.1) is 12.8 Å². The van der Waals surface area contributed by atoms with Gasteiger partial charge in [-0.3, -0.25) is 0 Å². The number of hydrogen-bond donors (Lipinski definition) is 0. The van der Waals surface area contributed by atoms with Gasteiger partial charge in [-0.25, -0.2) is 4.98 Å². The number of pyridine rings is 1. The predicted molar refractivity (Wildman–Crippen MR) is 52.5 cm³/mol. The van der Waals surface area contributed by atoms with Gasteiger partial charge < -0.3 is 4.74 Å². The summed E-state index contributed by atoms with van der Waals surface area (Å²) in [6.07, 6.45) is 2.08. The van der Waals surface area contributed by atoms with Crippen molar-refractivity contribution in [2.24, 2.45) is 0 Å². The molecule has 12 heavy (non-hydrogen) atoms. The summed E-state index contributed by atoms with van der Waals surface area (Å²) in [5.74, 6) is 0.682. The van der Waals surface area contributed by atoms with Gasteiger partial charge in [-0.15, -0.1) is 0 Å². The molecule has 0 unspecified atom stereocenters. The van der Waals surface area contributed by atoms with Crippen LogP contribution in [0.3, 0.4) is 0 Å². The fraction of sp³-hybridized carbons (Fsp3) is 0.444. The van der Waals surface area contributed by atoms with E-state index in [2.05, 4.69) is 27.8 Å². The van der Waals surface area contributed by atoms with E-state index < -0.39 is 0 Å². The Kier molecular flexibility index (Phi) is 3.53. The summed E-state index contributed by atoms with van der Waals surface area (Å²) in [5, 5.41) is 0. The maximum absolute atomic E-state index is 5.02. The average Bonchev–Trinajstić information content (AvgIpc) is 2.09. The van der Waals surface area contributed by atoms with E-state index in [0.717, 1.165) is 23.0 Å². The highest BCUT2D eigenvalue weighted by Gasteiger charge is 2.01. The highest BCUT2D eigenvalue weighted by molar-refractivity contribution is 9.10. The SMILES string of the molecule is CCCc1nc(OC)ccc1Br. The van der Waals surface area contributed by atoms with Crippen LogP contribution in [0.4, 0.5) is 0 Å². The van der Waals surface area contributed by atoms with Gasteiger partial charge >= 0.3 is 0 Å². The number of hydrogen-bond acceptors (Lipinski definition) is 2. The molecule has 2 nitrogen and oxygen atoms in total. The zero-order valence-corrected chi connectivity index (χ0v) is 8.89. The third-order valence-corrected chi connectivity index (χ3v) is 2.31. The Morgan fingerprint density at radius 2 is 2.25 bits per heavy atom. The van der Waals surface area contributed by atoms with Crippen LogP contribution in [-0.2, 0) is 6.42 Å². The molecule has 0 saturated carbocycles. The molecule has 66 valence electrons. The van der Waals surface area contributed by atoms with Gasteiger partial charge in [0.1, 0.15) is 0 Å². The molecule has 0 spiro atoms. The molecular formula is C9H12BrNO. The largest absolute Gasteiger partial charge is 0.481 e. The fourth-order valence-electron chi connectivity index (χ4n) is 0.990. The summed E-state index contributed by atoms with van der Waals surface area (Å²) >= 11 is 3.44. The monoisotopic (exact) mass is 229 g/mol. The molecular weight excluding hydrogens is 218 g/mol. The van der Waals surface area contributed by atoms with Gasteiger partial charge in [0, 0.05) is 10.5 Å².